The molecule has 1 aliphatic carbocycles. The normalized spacial score (nSPS) is 22.8. The molecule has 0 aliphatic heterocycles. The first-order chi connectivity index (χ1) is 11.5. The Morgan fingerprint density at radius 2 is 0.917 bits per heavy atom. The fourth-order valence-electron chi connectivity index (χ4n) is 2.67. The number of rotatable bonds is 9. The molecule has 0 aromatic heterocycles. The zero-order valence-corrected chi connectivity index (χ0v) is 13.8. The molecule has 6 nitrogen and oxygen atoms in total. The SMILES string of the molecule is C=CCOC(=O)C1CC(C(=O)OCC=C)CC(C(=O)OCC=C)C1. The van der Waals surface area contributed by atoms with E-state index in [0.29, 0.717) is 0 Å². The third kappa shape index (κ3) is 6.02. The summed E-state index contributed by atoms with van der Waals surface area (Å²) in [5.74, 6) is -3.00. The second kappa shape index (κ2) is 10.4. The van der Waals surface area contributed by atoms with E-state index in [9.17, 15) is 14.4 Å². The van der Waals surface area contributed by atoms with Crippen molar-refractivity contribution in [3.05, 3.63) is 38.0 Å². The number of esters is 3. The molecule has 0 N–H and O–H groups in total. The molecule has 0 radical (unpaired) electrons. The van der Waals surface area contributed by atoms with Crippen LogP contribution in [0, 0.1) is 17.8 Å². The lowest BCUT2D eigenvalue weighted by molar-refractivity contribution is -0.159. The number of ether oxygens (including phenoxy) is 3. The van der Waals surface area contributed by atoms with Crippen molar-refractivity contribution >= 4 is 17.9 Å². The maximum Gasteiger partial charge on any atom is 0.309 e. The summed E-state index contributed by atoms with van der Waals surface area (Å²) in [6.07, 6.45) is 5.26. The molecule has 1 fully saturated rings. The molecule has 132 valence electrons. The van der Waals surface area contributed by atoms with Gasteiger partial charge in [0.15, 0.2) is 0 Å². The van der Waals surface area contributed by atoms with Gasteiger partial charge in [-0.1, -0.05) is 38.0 Å². The van der Waals surface area contributed by atoms with Gasteiger partial charge in [0.2, 0.25) is 0 Å². The number of hydrogen-bond acceptors (Lipinski definition) is 6. The Kier molecular flexibility index (Phi) is 8.54. The van der Waals surface area contributed by atoms with E-state index in [1.165, 1.54) is 18.2 Å². The summed E-state index contributed by atoms with van der Waals surface area (Å²) < 4.78 is 15.2. The number of carbonyl (C=O) groups is 3. The minimum Gasteiger partial charge on any atom is -0.461 e. The summed E-state index contributed by atoms with van der Waals surface area (Å²) in [5.41, 5.74) is 0. The molecular weight excluding hydrogens is 312 g/mol. The standard InChI is InChI=1S/C18H24O6/c1-4-7-22-16(19)13-10-14(17(20)23-8-5-2)12-15(11-13)18(21)24-9-6-3/h4-6,13-15H,1-3,7-12H2. The number of hydrogen-bond donors (Lipinski definition) is 0. The maximum absolute atomic E-state index is 12.1. The van der Waals surface area contributed by atoms with Crippen LogP contribution in [0.25, 0.3) is 0 Å². The third-order valence-electron chi connectivity index (χ3n) is 3.74. The molecule has 1 saturated carbocycles. The zero-order chi connectivity index (χ0) is 17.9. The van der Waals surface area contributed by atoms with E-state index in [1.807, 2.05) is 0 Å². The van der Waals surface area contributed by atoms with Crippen molar-refractivity contribution in [2.75, 3.05) is 19.8 Å². The van der Waals surface area contributed by atoms with Crippen molar-refractivity contribution < 1.29 is 28.6 Å². The molecule has 0 atom stereocenters. The monoisotopic (exact) mass is 336 g/mol. The van der Waals surface area contributed by atoms with Crippen LogP contribution in [-0.2, 0) is 28.6 Å². The first-order valence-corrected chi connectivity index (χ1v) is 7.86. The molecule has 0 heterocycles. The van der Waals surface area contributed by atoms with Gasteiger partial charge in [-0.2, -0.15) is 0 Å². The van der Waals surface area contributed by atoms with E-state index >= 15 is 0 Å². The quantitative estimate of drug-likeness (QED) is 0.365. The van der Waals surface area contributed by atoms with Crippen molar-refractivity contribution in [1.29, 1.82) is 0 Å². The highest BCUT2D eigenvalue weighted by molar-refractivity contribution is 5.80. The fourth-order valence-corrected chi connectivity index (χ4v) is 2.67. The van der Waals surface area contributed by atoms with E-state index in [1.54, 1.807) is 0 Å². The third-order valence-corrected chi connectivity index (χ3v) is 3.74. The Morgan fingerprint density at radius 1 is 0.667 bits per heavy atom. The topological polar surface area (TPSA) is 78.9 Å². The number of carbonyl (C=O) groups excluding carboxylic acids is 3. The minimum absolute atomic E-state index is 0.0898. The molecule has 1 aliphatic rings. The summed E-state index contributed by atoms with van der Waals surface area (Å²) in [6.45, 7) is 10.7. The van der Waals surface area contributed by atoms with Gasteiger partial charge in [-0.3, -0.25) is 14.4 Å². The van der Waals surface area contributed by atoms with Gasteiger partial charge in [-0.25, -0.2) is 0 Å². The summed E-state index contributed by atoms with van der Waals surface area (Å²) in [5, 5.41) is 0. The van der Waals surface area contributed by atoms with Gasteiger partial charge < -0.3 is 14.2 Å². The van der Waals surface area contributed by atoms with Crippen LogP contribution in [0.5, 0.6) is 0 Å². The second-order valence-corrected chi connectivity index (χ2v) is 5.55. The van der Waals surface area contributed by atoms with E-state index in [2.05, 4.69) is 19.7 Å². The lowest BCUT2D eigenvalue weighted by Gasteiger charge is -2.31. The molecule has 6 heteroatoms. The molecule has 0 spiro atoms. The molecule has 0 aromatic carbocycles. The molecule has 0 amide bonds. The molecular formula is C18H24O6. The minimum atomic E-state index is -0.554. The van der Waals surface area contributed by atoms with Gasteiger partial charge in [-0.15, -0.1) is 0 Å². The van der Waals surface area contributed by atoms with Crippen molar-refractivity contribution in [2.45, 2.75) is 19.3 Å². The maximum atomic E-state index is 12.1. The highest BCUT2D eigenvalue weighted by atomic mass is 16.5. The fraction of sp³-hybridized carbons (Fsp3) is 0.500. The lowest BCUT2D eigenvalue weighted by atomic mass is 9.75. The molecule has 1 rings (SSSR count). The molecule has 24 heavy (non-hydrogen) atoms. The van der Waals surface area contributed by atoms with Crippen molar-refractivity contribution in [3.8, 4) is 0 Å². The Labute approximate surface area is 142 Å². The Bertz CT molecular complexity index is 418. The predicted octanol–water partition coefficient (Wildman–Crippen LogP) is 2.21. The average molecular weight is 336 g/mol. The molecule has 0 aromatic rings. The van der Waals surface area contributed by atoms with Crippen molar-refractivity contribution in [3.63, 3.8) is 0 Å². The van der Waals surface area contributed by atoms with Gasteiger partial charge in [0.25, 0.3) is 0 Å². The zero-order valence-electron chi connectivity index (χ0n) is 13.8. The summed E-state index contributed by atoms with van der Waals surface area (Å²) >= 11 is 0. The van der Waals surface area contributed by atoms with Gasteiger partial charge in [0.05, 0.1) is 17.8 Å². The second-order valence-electron chi connectivity index (χ2n) is 5.55. The largest absolute Gasteiger partial charge is 0.461 e. The van der Waals surface area contributed by atoms with Crippen LogP contribution in [0.4, 0.5) is 0 Å². The highest BCUT2D eigenvalue weighted by Crippen LogP contribution is 2.35. The first-order valence-electron chi connectivity index (χ1n) is 7.86. The highest BCUT2D eigenvalue weighted by Gasteiger charge is 2.40. The molecule has 0 unspecified atom stereocenters. The molecule has 0 bridgehead atoms. The average Bonchev–Trinajstić information content (AvgIpc) is 2.61. The molecule has 0 saturated heterocycles. The van der Waals surface area contributed by atoms with Gasteiger partial charge in [0, 0.05) is 0 Å². The predicted molar refractivity (Wildman–Crippen MR) is 87.8 cm³/mol. The van der Waals surface area contributed by atoms with E-state index in [-0.39, 0.29) is 39.1 Å². The van der Waals surface area contributed by atoms with Crippen LogP contribution < -0.4 is 0 Å². The van der Waals surface area contributed by atoms with Crippen LogP contribution in [0.1, 0.15) is 19.3 Å². The van der Waals surface area contributed by atoms with Crippen LogP contribution in [0.2, 0.25) is 0 Å². The van der Waals surface area contributed by atoms with Crippen molar-refractivity contribution in [1.82, 2.24) is 0 Å². The summed E-state index contributed by atoms with van der Waals surface area (Å²) in [6, 6.07) is 0. The summed E-state index contributed by atoms with van der Waals surface area (Å²) in [7, 11) is 0. The van der Waals surface area contributed by atoms with Gasteiger partial charge in [0.1, 0.15) is 19.8 Å². The lowest BCUT2D eigenvalue weighted by Crippen LogP contribution is -2.37. The first kappa shape index (κ1) is 19.7. The van der Waals surface area contributed by atoms with E-state index in [0.717, 1.165) is 0 Å². The Balaban J connectivity index is 2.80. The van der Waals surface area contributed by atoms with E-state index in [4.69, 9.17) is 14.2 Å². The van der Waals surface area contributed by atoms with Gasteiger partial charge >= 0.3 is 17.9 Å². The van der Waals surface area contributed by atoms with E-state index < -0.39 is 35.7 Å². The van der Waals surface area contributed by atoms with Crippen LogP contribution in [-0.4, -0.2) is 37.7 Å². The summed E-state index contributed by atoms with van der Waals surface area (Å²) in [4.78, 5) is 36.3. The smallest absolute Gasteiger partial charge is 0.309 e. The van der Waals surface area contributed by atoms with Crippen molar-refractivity contribution in [2.24, 2.45) is 17.8 Å². The van der Waals surface area contributed by atoms with Crippen LogP contribution in [0.3, 0.4) is 0 Å². The Hall–Kier alpha value is -2.37. The van der Waals surface area contributed by atoms with Gasteiger partial charge in [-0.05, 0) is 19.3 Å². The van der Waals surface area contributed by atoms with Crippen LogP contribution >= 0.6 is 0 Å². The van der Waals surface area contributed by atoms with Crippen LogP contribution in [0.15, 0.2) is 38.0 Å². The Morgan fingerprint density at radius 3 is 1.12 bits per heavy atom.